The highest BCUT2D eigenvalue weighted by Gasteiger charge is 2.27. The van der Waals surface area contributed by atoms with Crippen LogP contribution in [0.2, 0.25) is 0 Å². The van der Waals surface area contributed by atoms with Gasteiger partial charge in [-0.25, -0.2) is 0 Å². The maximum atomic E-state index is 13.9. The number of aromatic nitrogens is 1. The van der Waals surface area contributed by atoms with E-state index in [0.29, 0.717) is 6.42 Å². The second kappa shape index (κ2) is 14.1. The molecule has 2 aromatic carbocycles. The van der Waals surface area contributed by atoms with E-state index in [1.807, 2.05) is 64.3 Å². The Morgan fingerprint density at radius 3 is 2.30 bits per heavy atom. The molecule has 0 aliphatic heterocycles. The van der Waals surface area contributed by atoms with Crippen LogP contribution in [0.5, 0.6) is 0 Å². The molecule has 3 aromatic rings. The lowest BCUT2D eigenvalue weighted by atomic mass is 9.92. The molecule has 3 rings (SSSR count). The number of aryl methyl sites for hydroxylation is 2. The zero-order valence-electron chi connectivity index (χ0n) is 24.9. The van der Waals surface area contributed by atoms with Crippen molar-refractivity contribution in [3.05, 3.63) is 93.4 Å². The van der Waals surface area contributed by atoms with Crippen molar-refractivity contribution in [1.29, 1.82) is 0 Å². The van der Waals surface area contributed by atoms with Gasteiger partial charge in [-0.05, 0) is 86.1 Å². The minimum absolute atomic E-state index is 0.0232. The number of pyridine rings is 1. The molecule has 0 spiro atoms. The van der Waals surface area contributed by atoms with Gasteiger partial charge in [0.25, 0.3) is 5.56 Å². The van der Waals surface area contributed by atoms with E-state index in [2.05, 4.69) is 36.2 Å². The highest BCUT2D eigenvalue weighted by molar-refractivity contribution is 5.82. The summed E-state index contributed by atoms with van der Waals surface area (Å²) in [6.07, 6.45) is 3.02. The molecule has 1 heterocycles. The minimum Gasteiger partial charge on any atom is -0.469 e. The average molecular weight is 546 g/mol. The fraction of sp³-hybridized carbons (Fsp3) is 0.424. The second-order valence-corrected chi connectivity index (χ2v) is 11.2. The molecule has 1 amide bonds. The monoisotopic (exact) mass is 545 g/mol. The van der Waals surface area contributed by atoms with Crippen LogP contribution in [-0.4, -0.2) is 49.1 Å². The lowest BCUT2D eigenvalue weighted by Crippen LogP contribution is -2.40. The Balaban J connectivity index is 1.99. The maximum absolute atomic E-state index is 13.9. The summed E-state index contributed by atoms with van der Waals surface area (Å²) in [4.78, 5) is 41.4. The van der Waals surface area contributed by atoms with E-state index in [0.717, 1.165) is 46.3 Å². The summed E-state index contributed by atoms with van der Waals surface area (Å²) in [6, 6.07) is 16.1. The molecule has 0 radical (unpaired) electrons. The number of benzene rings is 2. The van der Waals surface area contributed by atoms with Gasteiger partial charge in [-0.15, -0.1) is 0 Å². The number of nitrogens with zero attached hydrogens (tertiary/aromatic N) is 2. The van der Waals surface area contributed by atoms with Gasteiger partial charge in [-0.3, -0.25) is 14.4 Å². The number of amides is 1. The van der Waals surface area contributed by atoms with Crippen molar-refractivity contribution >= 4 is 11.9 Å². The summed E-state index contributed by atoms with van der Waals surface area (Å²) >= 11 is 0. The molecule has 0 saturated heterocycles. The predicted molar refractivity (Wildman–Crippen MR) is 160 cm³/mol. The molecule has 0 bridgehead atoms. The number of ether oxygens (including phenoxy) is 1. The van der Waals surface area contributed by atoms with E-state index in [-0.39, 0.29) is 23.8 Å². The first kappa shape index (κ1) is 30.8. The van der Waals surface area contributed by atoms with Crippen molar-refractivity contribution in [2.24, 2.45) is 5.92 Å². The molecule has 0 aliphatic carbocycles. The Kier molecular flexibility index (Phi) is 10.8. The first-order valence-corrected chi connectivity index (χ1v) is 13.9. The van der Waals surface area contributed by atoms with Crippen LogP contribution in [0.3, 0.4) is 0 Å². The number of likely N-dealkylation sites (N-methyl/N-ethyl adjacent to an activating group) is 1. The van der Waals surface area contributed by atoms with Gasteiger partial charge < -0.3 is 19.5 Å². The number of esters is 1. The largest absolute Gasteiger partial charge is 0.469 e. The zero-order valence-corrected chi connectivity index (χ0v) is 24.9. The van der Waals surface area contributed by atoms with E-state index in [9.17, 15) is 14.4 Å². The first-order valence-electron chi connectivity index (χ1n) is 13.9. The number of rotatable bonds is 12. The number of nitrogens with one attached hydrogen (secondary N) is 1. The molecule has 1 N–H and O–H groups in total. The Hall–Kier alpha value is -3.71. The van der Waals surface area contributed by atoms with Crippen LogP contribution >= 0.6 is 0 Å². The molecule has 214 valence electrons. The molecule has 0 aliphatic rings. The Morgan fingerprint density at radius 1 is 1.00 bits per heavy atom. The van der Waals surface area contributed by atoms with Crippen LogP contribution in [0.4, 0.5) is 0 Å². The Morgan fingerprint density at radius 2 is 1.68 bits per heavy atom. The van der Waals surface area contributed by atoms with Crippen LogP contribution in [-0.2, 0) is 20.7 Å². The van der Waals surface area contributed by atoms with E-state index >= 15 is 0 Å². The standard InChI is InChI=1S/C33H43N3O4/c1-22(2)18-29(36-21-25(14-15-30(36)37)16-17-35(5)6)33(39)34-28(20-31(38)40-7)26-12-9-13-27(19-26)32-23(3)10-8-11-24(32)4/h8-15,19,21-22,28-29H,16-18,20H2,1-7H3,(H,34,39)/t28-,29?/m0/s1. The van der Waals surface area contributed by atoms with Crippen molar-refractivity contribution in [2.75, 3.05) is 27.7 Å². The van der Waals surface area contributed by atoms with Crippen molar-refractivity contribution in [2.45, 2.75) is 59.0 Å². The fourth-order valence-electron chi connectivity index (χ4n) is 5.04. The Labute approximate surface area is 238 Å². The normalized spacial score (nSPS) is 12.8. The summed E-state index contributed by atoms with van der Waals surface area (Å²) < 4.78 is 6.52. The molecular weight excluding hydrogens is 502 g/mol. The molecule has 7 heteroatoms. The van der Waals surface area contributed by atoms with Gasteiger partial charge in [-0.1, -0.05) is 56.3 Å². The third kappa shape index (κ3) is 8.15. The molecule has 0 fully saturated rings. The molecule has 7 nitrogen and oxygen atoms in total. The van der Waals surface area contributed by atoms with E-state index < -0.39 is 18.1 Å². The van der Waals surface area contributed by atoms with Gasteiger partial charge in [0.15, 0.2) is 0 Å². The van der Waals surface area contributed by atoms with Crippen molar-refractivity contribution in [1.82, 2.24) is 14.8 Å². The first-order chi connectivity index (χ1) is 19.0. The van der Waals surface area contributed by atoms with Crippen LogP contribution in [0.25, 0.3) is 11.1 Å². The van der Waals surface area contributed by atoms with Crippen LogP contribution < -0.4 is 10.9 Å². The smallest absolute Gasteiger partial charge is 0.307 e. The Bertz CT molecular complexity index is 1360. The lowest BCUT2D eigenvalue weighted by molar-refractivity contribution is -0.141. The third-order valence-electron chi connectivity index (χ3n) is 7.15. The van der Waals surface area contributed by atoms with E-state index in [4.69, 9.17) is 4.74 Å². The number of methoxy groups -OCH3 is 1. The molecule has 40 heavy (non-hydrogen) atoms. The number of carbonyl (C=O) groups is 2. The van der Waals surface area contributed by atoms with Crippen molar-refractivity contribution < 1.29 is 14.3 Å². The van der Waals surface area contributed by atoms with Gasteiger partial charge in [0.2, 0.25) is 5.91 Å². The van der Waals surface area contributed by atoms with Crippen LogP contribution in [0.1, 0.15) is 61.0 Å². The maximum Gasteiger partial charge on any atom is 0.307 e. The number of carbonyl (C=O) groups excluding carboxylic acids is 2. The SMILES string of the molecule is COC(=O)C[C@H](NC(=O)C(CC(C)C)n1cc(CCN(C)C)ccc1=O)c1cccc(-c2c(C)cccc2C)c1. The highest BCUT2D eigenvalue weighted by Crippen LogP contribution is 2.30. The quantitative estimate of drug-likeness (QED) is 0.315. The van der Waals surface area contributed by atoms with E-state index in [1.54, 1.807) is 10.8 Å². The van der Waals surface area contributed by atoms with Crippen molar-refractivity contribution in [3.63, 3.8) is 0 Å². The molecule has 1 aromatic heterocycles. The number of hydrogen-bond acceptors (Lipinski definition) is 5. The van der Waals surface area contributed by atoms with E-state index in [1.165, 1.54) is 13.2 Å². The molecular formula is C33H43N3O4. The van der Waals surface area contributed by atoms with Gasteiger partial charge in [0.1, 0.15) is 6.04 Å². The fourth-order valence-corrected chi connectivity index (χ4v) is 5.04. The third-order valence-corrected chi connectivity index (χ3v) is 7.15. The van der Waals surface area contributed by atoms with Crippen molar-refractivity contribution in [3.8, 4) is 11.1 Å². The lowest BCUT2D eigenvalue weighted by Gasteiger charge is -2.26. The van der Waals surface area contributed by atoms with Gasteiger partial charge in [-0.2, -0.15) is 0 Å². The van der Waals surface area contributed by atoms with Gasteiger partial charge in [0, 0.05) is 18.8 Å². The highest BCUT2D eigenvalue weighted by atomic mass is 16.5. The average Bonchev–Trinajstić information content (AvgIpc) is 2.90. The van der Waals surface area contributed by atoms with Crippen LogP contribution in [0, 0.1) is 19.8 Å². The predicted octanol–water partition coefficient (Wildman–Crippen LogP) is 5.24. The van der Waals surface area contributed by atoms with Gasteiger partial charge in [0.05, 0.1) is 19.6 Å². The summed E-state index contributed by atoms with van der Waals surface area (Å²) in [5, 5.41) is 3.10. The number of hydrogen-bond donors (Lipinski definition) is 1. The summed E-state index contributed by atoms with van der Waals surface area (Å²) in [5.41, 5.74) is 6.01. The molecule has 2 atom stereocenters. The second-order valence-electron chi connectivity index (χ2n) is 11.2. The minimum atomic E-state index is -0.714. The van der Waals surface area contributed by atoms with Crippen LogP contribution in [0.15, 0.2) is 65.6 Å². The topological polar surface area (TPSA) is 80.6 Å². The molecule has 1 unspecified atom stereocenters. The zero-order chi connectivity index (χ0) is 29.4. The summed E-state index contributed by atoms with van der Waals surface area (Å²) in [6.45, 7) is 9.03. The summed E-state index contributed by atoms with van der Waals surface area (Å²) in [7, 11) is 5.35. The van der Waals surface area contributed by atoms with Gasteiger partial charge >= 0.3 is 5.97 Å². The summed E-state index contributed by atoms with van der Waals surface area (Å²) in [5.74, 6) is -0.558. The molecule has 0 saturated carbocycles.